The maximum atomic E-state index is 13.4. The van der Waals surface area contributed by atoms with E-state index in [1.54, 1.807) is 12.1 Å². The second kappa shape index (κ2) is 10.0. The number of rotatable bonds is 8. The van der Waals surface area contributed by atoms with Gasteiger partial charge < -0.3 is 19.7 Å². The molecule has 0 amide bonds. The third-order valence-corrected chi connectivity index (χ3v) is 7.06. The molecule has 2 N–H and O–H groups in total. The predicted octanol–water partition coefficient (Wildman–Crippen LogP) is 4.31. The van der Waals surface area contributed by atoms with Gasteiger partial charge in [-0.05, 0) is 56.1 Å². The summed E-state index contributed by atoms with van der Waals surface area (Å²) in [6.45, 7) is -0.678. The number of aliphatic hydroxyl groups is 2. The van der Waals surface area contributed by atoms with Gasteiger partial charge >= 0.3 is 0 Å². The van der Waals surface area contributed by atoms with Crippen molar-refractivity contribution in [3.8, 4) is 11.5 Å². The third-order valence-electron chi connectivity index (χ3n) is 3.20. The smallest absolute Gasteiger partial charge is 0.214 e. The minimum absolute atomic E-state index is 0.0706. The van der Waals surface area contributed by atoms with Gasteiger partial charge in [-0.15, -0.1) is 0 Å². The van der Waals surface area contributed by atoms with Crippen LogP contribution in [0.1, 0.15) is 0 Å². The van der Waals surface area contributed by atoms with E-state index in [2.05, 4.69) is 63.7 Å². The van der Waals surface area contributed by atoms with Crippen LogP contribution in [-0.4, -0.2) is 45.1 Å². The van der Waals surface area contributed by atoms with Crippen molar-refractivity contribution in [3.05, 3.63) is 42.2 Å². The van der Waals surface area contributed by atoms with E-state index >= 15 is 0 Å². The molecule has 0 atom stereocenters. The van der Waals surface area contributed by atoms with Crippen LogP contribution in [0.15, 0.2) is 51.9 Å². The van der Waals surface area contributed by atoms with Gasteiger partial charge in [-0.3, -0.25) is 0 Å². The van der Waals surface area contributed by atoms with E-state index in [-0.39, 0.29) is 47.7 Å². The quantitative estimate of drug-likeness (QED) is 0.441. The van der Waals surface area contributed by atoms with Crippen LogP contribution in [0.2, 0.25) is 0 Å². The molecule has 0 unspecified atom stereocenters. The second-order valence-electron chi connectivity index (χ2n) is 5.08. The van der Waals surface area contributed by atoms with Gasteiger partial charge in [-0.1, -0.05) is 31.9 Å². The van der Waals surface area contributed by atoms with Crippen molar-refractivity contribution in [1.82, 2.24) is 0 Å². The molecule has 0 aromatic heterocycles. The number of benzene rings is 2. The van der Waals surface area contributed by atoms with E-state index in [0.717, 1.165) is 0 Å². The highest BCUT2D eigenvalue weighted by molar-refractivity contribution is 9.11. The highest BCUT2D eigenvalue weighted by atomic mass is 79.9. The van der Waals surface area contributed by atoms with Crippen LogP contribution in [0, 0.1) is 0 Å². The van der Waals surface area contributed by atoms with E-state index in [0.29, 0.717) is 17.9 Å². The highest BCUT2D eigenvalue weighted by Gasteiger charge is 2.30. The van der Waals surface area contributed by atoms with Crippen LogP contribution in [0.25, 0.3) is 0 Å². The van der Waals surface area contributed by atoms with Crippen molar-refractivity contribution < 1.29 is 28.1 Å². The molecule has 11 heteroatoms. The molecule has 148 valence electrons. The lowest BCUT2D eigenvalue weighted by molar-refractivity contribution is 0.196. The molecular formula is C16H14Br4O6S. The number of hydrogen-bond acceptors (Lipinski definition) is 6. The first kappa shape index (κ1) is 23.1. The lowest BCUT2D eigenvalue weighted by Crippen LogP contribution is -2.12. The van der Waals surface area contributed by atoms with Gasteiger partial charge in [0.15, 0.2) is 11.5 Å². The molecule has 0 radical (unpaired) electrons. The molecular weight excluding hydrogens is 640 g/mol. The largest absolute Gasteiger partial charge is 0.489 e. The van der Waals surface area contributed by atoms with E-state index < -0.39 is 9.84 Å². The molecule has 0 aliphatic carbocycles. The highest BCUT2D eigenvalue weighted by Crippen LogP contribution is 2.43. The molecule has 2 rings (SSSR count). The van der Waals surface area contributed by atoms with Crippen LogP contribution in [0.4, 0.5) is 0 Å². The first-order valence-electron chi connectivity index (χ1n) is 7.42. The zero-order valence-corrected chi connectivity index (χ0v) is 20.7. The van der Waals surface area contributed by atoms with Crippen LogP contribution in [-0.2, 0) is 9.84 Å². The Labute approximate surface area is 190 Å². The van der Waals surface area contributed by atoms with Crippen molar-refractivity contribution in [2.45, 2.75) is 9.79 Å². The first-order valence-corrected chi connectivity index (χ1v) is 12.1. The van der Waals surface area contributed by atoms with Gasteiger partial charge in [-0.2, -0.15) is 0 Å². The van der Waals surface area contributed by atoms with Gasteiger partial charge in [0, 0.05) is 8.95 Å². The lowest BCUT2D eigenvalue weighted by Gasteiger charge is -2.17. The first-order chi connectivity index (χ1) is 12.7. The molecule has 0 bridgehead atoms. The second-order valence-corrected chi connectivity index (χ2v) is 10.5. The summed E-state index contributed by atoms with van der Waals surface area (Å²) in [5.41, 5.74) is 0. The van der Waals surface area contributed by atoms with E-state index in [1.807, 2.05) is 0 Å². The molecule has 0 heterocycles. The summed E-state index contributed by atoms with van der Waals surface area (Å²) >= 11 is 13.2. The monoisotopic (exact) mass is 650 g/mol. The van der Waals surface area contributed by atoms with Gasteiger partial charge in [0.25, 0.3) is 0 Å². The number of aliphatic hydroxyl groups excluding tert-OH is 2. The Morgan fingerprint density at radius 1 is 0.741 bits per heavy atom. The van der Waals surface area contributed by atoms with E-state index in [4.69, 9.17) is 19.7 Å². The summed E-state index contributed by atoms with van der Waals surface area (Å²) < 4.78 is 39.7. The van der Waals surface area contributed by atoms with Crippen LogP contribution >= 0.6 is 63.7 Å². The third kappa shape index (κ3) is 5.46. The molecule has 2 aromatic rings. The van der Waals surface area contributed by atoms with Gasteiger partial charge in [0.1, 0.15) is 23.0 Å². The summed E-state index contributed by atoms with van der Waals surface area (Å²) in [7, 11) is -4.08. The number of ether oxygens (including phenoxy) is 2. The van der Waals surface area contributed by atoms with E-state index in [1.165, 1.54) is 12.1 Å². The van der Waals surface area contributed by atoms with Gasteiger partial charge in [0.2, 0.25) is 9.84 Å². The molecule has 0 aliphatic heterocycles. The average molecular weight is 654 g/mol. The van der Waals surface area contributed by atoms with Crippen molar-refractivity contribution in [1.29, 1.82) is 0 Å². The zero-order chi connectivity index (χ0) is 20.2. The van der Waals surface area contributed by atoms with Crippen LogP contribution < -0.4 is 9.47 Å². The zero-order valence-electron chi connectivity index (χ0n) is 13.6. The Balaban J connectivity index is 2.73. The lowest BCUT2D eigenvalue weighted by atomic mass is 10.3. The van der Waals surface area contributed by atoms with Crippen molar-refractivity contribution >= 4 is 73.6 Å². The molecule has 0 saturated heterocycles. The summed E-state index contributed by atoms with van der Waals surface area (Å²) in [5, 5.41) is 18.1. The fourth-order valence-corrected chi connectivity index (χ4v) is 7.04. The van der Waals surface area contributed by atoms with Crippen LogP contribution in [0.3, 0.4) is 0 Å². The Morgan fingerprint density at radius 3 is 1.44 bits per heavy atom. The van der Waals surface area contributed by atoms with Gasteiger partial charge in [-0.25, -0.2) is 8.42 Å². The topological polar surface area (TPSA) is 93.1 Å². The summed E-state index contributed by atoms with van der Waals surface area (Å²) in [6.07, 6.45) is 0. The standard InChI is InChI=1S/C16H14Br4O6S/c17-9-5-11(19)15(25-3-1-21)13(7-9)27(23,24)14-8-10(18)6-12(20)16(14)26-4-2-22/h5-8,21-22H,1-4H2. The average Bonchev–Trinajstić information content (AvgIpc) is 2.59. The molecule has 27 heavy (non-hydrogen) atoms. The molecule has 2 aromatic carbocycles. The molecule has 0 spiro atoms. The fourth-order valence-electron chi connectivity index (χ4n) is 2.17. The van der Waals surface area contributed by atoms with Gasteiger partial charge in [0.05, 0.1) is 22.2 Å². The van der Waals surface area contributed by atoms with Crippen LogP contribution in [0.5, 0.6) is 11.5 Å². The summed E-state index contributed by atoms with van der Waals surface area (Å²) in [6, 6.07) is 6.12. The Kier molecular flexibility index (Phi) is 8.59. The minimum Gasteiger partial charge on any atom is -0.489 e. The van der Waals surface area contributed by atoms with Crippen molar-refractivity contribution in [3.63, 3.8) is 0 Å². The van der Waals surface area contributed by atoms with Crippen molar-refractivity contribution in [2.24, 2.45) is 0 Å². The number of halogens is 4. The SMILES string of the molecule is O=S(=O)(c1cc(Br)cc(Br)c1OCCO)c1cc(Br)cc(Br)c1OCCO. The number of hydrogen-bond donors (Lipinski definition) is 2. The molecule has 0 aliphatic rings. The number of sulfone groups is 1. The maximum absolute atomic E-state index is 13.4. The predicted molar refractivity (Wildman–Crippen MR) is 114 cm³/mol. The normalized spacial score (nSPS) is 11.5. The molecule has 6 nitrogen and oxygen atoms in total. The maximum Gasteiger partial charge on any atom is 0.214 e. The minimum atomic E-state index is -4.08. The Bertz CT molecular complexity index is 863. The summed E-state index contributed by atoms with van der Waals surface area (Å²) in [4.78, 5) is -0.202. The fraction of sp³-hybridized carbons (Fsp3) is 0.250. The van der Waals surface area contributed by atoms with Crippen molar-refractivity contribution in [2.75, 3.05) is 26.4 Å². The van der Waals surface area contributed by atoms with E-state index in [9.17, 15) is 8.42 Å². The molecule has 0 fully saturated rings. The molecule has 0 saturated carbocycles. The Morgan fingerprint density at radius 2 is 1.11 bits per heavy atom. The summed E-state index contributed by atoms with van der Waals surface area (Å²) in [5.74, 6) is 0.160. The Hall–Kier alpha value is -0.170.